The lowest BCUT2D eigenvalue weighted by Gasteiger charge is -2.25. The molecule has 6 heteroatoms. The van der Waals surface area contributed by atoms with Gasteiger partial charge in [-0.1, -0.05) is 13.3 Å². The van der Waals surface area contributed by atoms with E-state index in [0.29, 0.717) is 6.42 Å². The molecular weight excluding hydrogens is 256 g/mol. The number of nitrogens with zero attached hydrogens (tertiary/aromatic N) is 1. The maximum atomic E-state index is 12.5. The van der Waals surface area contributed by atoms with E-state index >= 15 is 0 Å². The summed E-state index contributed by atoms with van der Waals surface area (Å²) in [5, 5.41) is 9.33. The number of allylic oxidation sites excluding steroid dienone is 1. The van der Waals surface area contributed by atoms with Crippen molar-refractivity contribution < 1.29 is 23.4 Å². The SMILES string of the molecule is CCCC(C)(C)OC(=O)C(C(C)=NC)=C(O)C(F)F. The van der Waals surface area contributed by atoms with Crippen molar-refractivity contribution in [1.82, 2.24) is 0 Å². The molecule has 0 aromatic heterocycles. The Bertz CT molecular complexity index is 387. The third kappa shape index (κ3) is 5.36. The first-order valence-electron chi connectivity index (χ1n) is 6.04. The summed E-state index contributed by atoms with van der Waals surface area (Å²) in [6.07, 6.45) is -1.78. The van der Waals surface area contributed by atoms with Gasteiger partial charge in [0, 0.05) is 12.8 Å². The van der Waals surface area contributed by atoms with Crippen molar-refractivity contribution in [3.8, 4) is 0 Å². The van der Waals surface area contributed by atoms with E-state index in [4.69, 9.17) is 4.74 Å². The van der Waals surface area contributed by atoms with Gasteiger partial charge in [0.1, 0.15) is 11.2 Å². The van der Waals surface area contributed by atoms with E-state index in [9.17, 15) is 18.7 Å². The number of halogens is 2. The third-order valence-corrected chi connectivity index (χ3v) is 2.59. The number of carbonyl (C=O) groups excluding carboxylic acids is 1. The lowest BCUT2D eigenvalue weighted by atomic mass is 10.0. The second-order valence-electron chi connectivity index (χ2n) is 4.77. The molecule has 0 atom stereocenters. The summed E-state index contributed by atoms with van der Waals surface area (Å²) in [6, 6.07) is 0. The van der Waals surface area contributed by atoms with Crippen LogP contribution in [0.5, 0.6) is 0 Å². The number of carbonyl (C=O) groups is 1. The summed E-state index contributed by atoms with van der Waals surface area (Å²) in [5.41, 5.74) is -1.34. The lowest BCUT2D eigenvalue weighted by molar-refractivity contribution is -0.151. The Morgan fingerprint density at radius 3 is 2.32 bits per heavy atom. The van der Waals surface area contributed by atoms with Crippen molar-refractivity contribution in [1.29, 1.82) is 0 Å². The highest BCUT2D eigenvalue weighted by atomic mass is 19.3. The molecule has 0 saturated heterocycles. The number of hydrogen-bond acceptors (Lipinski definition) is 4. The van der Waals surface area contributed by atoms with Crippen LogP contribution in [-0.2, 0) is 9.53 Å². The van der Waals surface area contributed by atoms with Crippen LogP contribution in [-0.4, -0.2) is 35.9 Å². The minimum Gasteiger partial charge on any atom is -0.506 e. The molecule has 0 heterocycles. The van der Waals surface area contributed by atoms with Crippen LogP contribution in [0.2, 0.25) is 0 Å². The molecule has 0 bridgehead atoms. The van der Waals surface area contributed by atoms with Gasteiger partial charge >= 0.3 is 5.97 Å². The second kappa shape index (κ2) is 7.21. The number of ether oxygens (including phenoxy) is 1. The minimum absolute atomic E-state index is 0.00935. The minimum atomic E-state index is -3.14. The van der Waals surface area contributed by atoms with Crippen LogP contribution >= 0.6 is 0 Å². The Hall–Kier alpha value is -1.46. The third-order valence-electron chi connectivity index (χ3n) is 2.59. The molecule has 0 spiro atoms. The summed E-state index contributed by atoms with van der Waals surface area (Å²) in [7, 11) is 1.35. The Labute approximate surface area is 112 Å². The quantitative estimate of drug-likeness (QED) is 0.351. The molecule has 19 heavy (non-hydrogen) atoms. The second-order valence-corrected chi connectivity index (χ2v) is 4.77. The lowest BCUT2D eigenvalue weighted by Crippen LogP contribution is -2.31. The molecule has 0 rings (SSSR count). The first-order chi connectivity index (χ1) is 8.66. The van der Waals surface area contributed by atoms with Gasteiger partial charge in [-0.2, -0.15) is 0 Å². The van der Waals surface area contributed by atoms with Crippen molar-refractivity contribution in [2.75, 3.05) is 7.05 Å². The monoisotopic (exact) mass is 277 g/mol. The van der Waals surface area contributed by atoms with Gasteiger partial charge in [-0.05, 0) is 27.2 Å². The first kappa shape index (κ1) is 17.5. The van der Waals surface area contributed by atoms with E-state index in [1.807, 2.05) is 6.92 Å². The molecule has 0 aliphatic rings. The fourth-order valence-corrected chi connectivity index (χ4v) is 1.61. The number of aliphatic hydroxyl groups excluding tert-OH is 1. The Kier molecular flexibility index (Phi) is 6.65. The molecule has 0 aliphatic carbocycles. The first-order valence-corrected chi connectivity index (χ1v) is 6.04. The van der Waals surface area contributed by atoms with Crippen molar-refractivity contribution in [3.05, 3.63) is 11.3 Å². The fraction of sp³-hybridized carbons (Fsp3) is 0.692. The summed E-state index contributed by atoms with van der Waals surface area (Å²) in [5.74, 6) is -2.29. The predicted octanol–water partition coefficient (Wildman–Crippen LogP) is 3.28. The van der Waals surface area contributed by atoms with Gasteiger partial charge in [-0.3, -0.25) is 4.99 Å². The Morgan fingerprint density at radius 1 is 1.42 bits per heavy atom. The number of aliphatic hydroxyl groups is 1. The number of aliphatic imine (C=N–C) groups is 1. The van der Waals surface area contributed by atoms with Crippen LogP contribution in [0.4, 0.5) is 8.78 Å². The topological polar surface area (TPSA) is 58.9 Å². The van der Waals surface area contributed by atoms with Crippen molar-refractivity contribution in [2.24, 2.45) is 4.99 Å². The van der Waals surface area contributed by atoms with Gasteiger partial charge < -0.3 is 9.84 Å². The van der Waals surface area contributed by atoms with Gasteiger partial charge in [0.15, 0.2) is 5.76 Å². The fourth-order valence-electron chi connectivity index (χ4n) is 1.61. The molecule has 0 unspecified atom stereocenters. The smallest absolute Gasteiger partial charge is 0.344 e. The van der Waals surface area contributed by atoms with E-state index in [2.05, 4.69) is 4.99 Å². The van der Waals surface area contributed by atoms with E-state index in [1.165, 1.54) is 14.0 Å². The standard InChI is InChI=1S/C13H21F2NO3/c1-6-7-13(3,4)19-12(18)9(8(2)16-5)10(17)11(14)15/h11,17H,6-7H2,1-5H3. The molecule has 110 valence electrons. The van der Waals surface area contributed by atoms with Crippen molar-refractivity contribution in [3.63, 3.8) is 0 Å². The van der Waals surface area contributed by atoms with Gasteiger partial charge in [0.2, 0.25) is 0 Å². The number of hydrogen-bond donors (Lipinski definition) is 1. The van der Waals surface area contributed by atoms with Crippen LogP contribution in [0.3, 0.4) is 0 Å². The van der Waals surface area contributed by atoms with E-state index < -0.39 is 29.3 Å². The van der Waals surface area contributed by atoms with Gasteiger partial charge in [-0.15, -0.1) is 0 Å². The molecule has 0 fully saturated rings. The summed E-state index contributed by atoms with van der Waals surface area (Å²) >= 11 is 0. The van der Waals surface area contributed by atoms with Gasteiger partial charge in [-0.25, -0.2) is 13.6 Å². The molecule has 1 N–H and O–H groups in total. The average molecular weight is 277 g/mol. The predicted molar refractivity (Wildman–Crippen MR) is 69.8 cm³/mol. The summed E-state index contributed by atoms with van der Waals surface area (Å²) in [4.78, 5) is 15.6. The Morgan fingerprint density at radius 2 is 1.95 bits per heavy atom. The van der Waals surface area contributed by atoms with E-state index in [0.717, 1.165) is 6.42 Å². The number of alkyl halides is 2. The van der Waals surface area contributed by atoms with E-state index in [-0.39, 0.29) is 5.71 Å². The Balaban J connectivity index is 5.34. The molecule has 0 aromatic rings. The van der Waals surface area contributed by atoms with Gasteiger partial charge in [0.05, 0.1) is 0 Å². The number of rotatable bonds is 6. The normalized spacial score (nSPS) is 14.4. The molecular formula is C13H21F2NO3. The van der Waals surface area contributed by atoms with E-state index in [1.54, 1.807) is 13.8 Å². The molecule has 0 aliphatic heterocycles. The zero-order valence-corrected chi connectivity index (χ0v) is 12.0. The highest BCUT2D eigenvalue weighted by Gasteiger charge is 2.30. The van der Waals surface area contributed by atoms with Gasteiger partial charge in [0.25, 0.3) is 6.43 Å². The maximum Gasteiger partial charge on any atom is 0.344 e. The average Bonchev–Trinajstić information content (AvgIpc) is 2.27. The van der Waals surface area contributed by atoms with Crippen LogP contribution in [0.1, 0.15) is 40.5 Å². The van der Waals surface area contributed by atoms with Crippen LogP contribution < -0.4 is 0 Å². The molecule has 0 amide bonds. The zero-order valence-electron chi connectivity index (χ0n) is 12.0. The van der Waals surface area contributed by atoms with Crippen molar-refractivity contribution >= 4 is 11.7 Å². The molecule has 0 aromatic carbocycles. The summed E-state index contributed by atoms with van der Waals surface area (Å²) < 4.78 is 30.3. The molecule has 4 nitrogen and oxygen atoms in total. The largest absolute Gasteiger partial charge is 0.506 e. The molecule has 0 saturated carbocycles. The van der Waals surface area contributed by atoms with Crippen LogP contribution in [0, 0.1) is 0 Å². The number of esters is 1. The highest BCUT2D eigenvalue weighted by Crippen LogP contribution is 2.21. The highest BCUT2D eigenvalue weighted by molar-refractivity contribution is 6.19. The van der Waals surface area contributed by atoms with Crippen LogP contribution in [0.15, 0.2) is 16.3 Å². The van der Waals surface area contributed by atoms with Crippen LogP contribution in [0.25, 0.3) is 0 Å². The zero-order chi connectivity index (χ0) is 15.2. The van der Waals surface area contributed by atoms with Crippen molar-refractivity contribution in [2.45, 2.75) is 52.6 Å². The summed E-state index contributed by atoms with van der Waals surface area (Å²) in [6.45, 7) is 6.65. The molecule has 0 radical (unpaired) electrons. The maximum absolute atomic E-state index is 12.5.